The van der Waals surface area contributed by atoms with Gasteiger partial charge in [-0.25, -0.2) is 0 Å². The highest BCUT2D eigenvalue weighted by molar-refractivity contribution is 7.09. The zero-order chi connectivity index (χ0) is 20.1. The van der Waals surface area contributed by atoms with Gasteiger partial charge in [0.25, 0.3) is 5.69 Å². The van der Waals surface area contributed by atoms with Gasteiger partial charge in [0, 0.05) is 39.5 Å². The average molecular weight is 397 g/mol. The first-order valence-electron chi connectivity index (χ1n) is 8.58. The van der Waals surface area contributed by atoms with Crippen LogP contribution in [-0.4, -0.2) is 28.1 Å². The lowest BCUT2D eigenvalue weighted by Gasteiger charge is -2.08. The largest absolute Gasteiger partial charge is 0.387 e. The SMILES string of the molecule is Cc1cc(C(=O)CO/N=C\c2cccc([N+](=O)[O-])c2)c(C)n1Cc1cccs1. The van der Waals surface area contributed by atoms with Crippen LogP contribution >= 0.6 is 11.3 Å². The van der Waals surface area contributed by atoms with E-state index in [1.807, 2.05) is 31.4 Å². The van der Waals surface area contributed by atoms with Crippen LogP contribution in [0, 0.1) is 24.0 Å². The average Bonchev–Trinajstić information content (AvgIpc) is 3.29. The predicted octanol–water partition coefficient (Wildman–Crippen LogP) is 4.36. The molecule has 0 saturated carbocycles. The molecule has 8 heteroatoms. The molecular formula is C20H19N3O4S. The fraction of sp³-hybridized carbons (Fsp3) is 0.200. The van der Waals surface area contributed by atoms with Gasteiger partial charge in [-0.15, -0.1) is 11.3 Å². The summed E-state index contributed by atoms with van der Waals surface area (Å²) in [4.78, 5) is 29.1. The van der Waals surface area contributed by atoms with Crippen molar-refractivity contribution in [2.24, 2.45) is 5.16 Å². The van der Waals surface area contributed by atoms with Crippen molar-refractivity contribution >= 4 is 29.0 Å². The molecule has 0 N–H and O–H groups in total. The van der Waals surface area contributed by atoms with E-state index in [1.165, 1.54) is 23.2 Å². The molecule has 0 aliphatic heterocycles. The van der Waals surface area contributed by atoms with Gasteiger partial charge in [-0.2, -0.15) is 0 Å². The predicted molar refractivity (Wildman–Crippen MR) is 108 cm³/mol. The number of thiophene rings is 1. The van der Waals surface area contributed by atoms with E-state index in [-0.39, 0.29) is 18.1 Å². The number of nitro benzene ring substituents is 1. The van der Waals surface area contributed by atoms with E-state index in [4.69, 9.17) is 4.84 Å². The zero-order valence-corrected chi connectivity index (χ0v) is 16.3. The molecule has 1 aromatic carbocycles. The van der Waals surface area contributed by atoms with Gasteiger partial charge in [0.2, 0.25) is 5.78 Å². The second kappa shape index (κ2) is 8.62. The number of benzene rings is 1. The molecule has 2 aromatic heterocycles. The Morgan fingerprint density at radius 3 is 2.82 bits per heavy atom. The van der Waals surface area contributed by atoms with Crippen LogP contribution < -0.4 is 0 Å². The third-order valence-electron chi connectivity index (χ3n) is 4.32. The van der Waals surface area contributed by atoms with Crippen molar-refractivity contribution in [3.63, 3.8) is 0 Å². The van der Waals surface area contributed by atoms with E-state index < -0.39 is 4.92 Å². The molecule has 0 amide bonds. The van der Waals surface area contributed by atoms with Crippen molar-refractivity contribution in [3.05, 3.63) is 85.4 Å². The quantitative estimate of drug-likeness (QED) is 0.245. The number of Topliss-reactive ketones (excluding diaryl/α,β-unsaturated/α-hetero) is 1. The van der Waals surface area contributed by atoms with E-state index in [2.05, 4.69) is 15.8 Å². The van der Waals surface area contributed by atoms with Gasteiger partial charge in [0.15, 0.2) is 6.61 Å². The molecule has 0 saturated heterocycles. The Morgan fingerprint density at radius 1 is 1.29 bits per heavy atom. The number of carbonyl (C=O) groups is 1. The third kappa shape index (κ3) is 4.52. The minimum atomic E-state index is -0.478. The number of aromatic nitrogens is 1. The maximum absolute atomic E-state index is 12.5. The van der Waals surface area contributed by atoms with Gasteiger partial charge >= 0.3 is 0 Å². The first-order chi connectivity index (χ1) is 13.5. The number of nitro groups is 1. The maximum atomic E-state index is 12.5. The summed E-state index contributed by atoms with van der Waals surface area (Å²) in [5, 5.41) is 16.6. The normalized spacial score (nSPS) is 11.1. The van der Waals surface area contributed by atoms with Crippen LogP contribution in [0.15, 0.2) is 53.0 Å². The molecule has 2 heterocycles. The van der Waals surface area contributed by atoms with E-state index in [0.717, 1.165) is 17.9 Å². The summed E-state index contributed by atoms with van der Waals surface area (Å²) in [7, 11) is 0. The first-order valence-corrected chi connectivity index (χ1v) is 9.46. The zero-order valence-electron chi connectivity index (χ0n) is 15.5. The minimum absolute atomic E-state index is 0.0294. The number of hydrogen-bond donors (Lipinski definition) is 0. The Bertz CT molecular complexity index is 1020. The smallest absolute Gasteiger partial charge is 0.270 e. The standard InChI is InChI=1S/C20H19N3O4S/c1-14-9-19(15(2)22(14)12-18-7-4-8-28-18)20(24)13-27-21-11-16-5-3-6-17(10-16)23(25)26/h3-11H,12-13H2,1-2H3/b21-11-. The summed E-state index contributed by atoms with van der Waals surface area (Å²) in [6, 6.07) is 11.9. The molecular weight excluding hydrogens is 378 g/mol. The number of rotatable bonds is 8. The van der Waals surface area contributed by atoms with E-state index >= 15 is 0 Å². The van der Waals surface area contributed by atoms with Crippen LogP contribution in [0.4, 0.5) is 5.69 Å². The van der Waals surface area contributed by atoms with Gasteiger partial charge in [0.05, 0.1) is 17.7 Å². The summed E-state index contributed by atoms with van der Waals surface area (Å²) in [6.45, 7) is 4.42. The molecule has 144 valence electrons. The van der Waals surface area contributed by atoms with Crippen LogP contribution in [0.1, 0.15) is 32.2 Å². The molecule has 0 atom stereocenters. The van der Waals surface area contributed by atoms with Crippen LogP contribution in [0.3, 0.4) is 0 Å². The monoisotopic (exact) mass is 397 g/mol. The van der Waals surface area contributed by atoms with Crippen molar-refractivity contribution in [1.29, 1.82) is 0 Å². The van der Waals surface area contributed by atoms with E-state index in [1.54, 1.807) is 23.5 Å². The van der Waals surface area contributed by atoms with Crippen molar-refractivity contribution in [3.8, 4) is 0 Å². The Labute approximate surface area is 166 Å². The van der Waals surface area contributed by atoms with Gasteiger partial charge < -0.3 is 9.40 Å². The molecule has 7 nitrogen and oxygen atoms in total. The van der Waals surface area contributed by atoms with Crippen LogP contribution in [0.25, 0.3) is 0 Å². The molecule has 0 radical (unpaired) electrons. The summed E-state index contributed by atoms with van der Waals surface area (Å²) in [5.41, 5.74) is 3.00. The molecule has 3 aromatic rings. The number of ketones is 1. The highest BCUT2D eigenvalue weighted by Gasteiger charge is 2.16. The number of hydrogen-bond acceptors (Lipinski definition) is 6. The minimum Gasteiger partial charge on any atom is -0.387 e. The maximum Gasteiger partial charge on any atom is 0.270 e. The molecule has 0 bridgehead atoms. The fourth-order valence-corrected chi connectivity index (χ4v) is 3.57. The van der Waals surface area contributed by atoms with Crippen LogP contribution in [0.2, 0.25) is 0 Å². The molecule has 0 unspecified atom stereocenters. The van der Waals surface area contributed by atoms with Crippen molar-refractivity contribution in [1.82, 2.24) is 4.57 Å². The lowest BCUT2D eigenvalue weighted by Crippen LogP contribution is -2.09. The summed E-state index contributed by atoms with van der Waals surface area (Å²) in [6.07, 6.45) is 1.35. The Balaban J connectivity index is 1.62. The molecule has 0 aliphatic carbocycles. The van der Waals surface area contributed by atoms with Crippen molar-refractivity contribution < 1.29 is 14.6 Å². The Kier molecular flexibility index (Phi) is 6.00. The molecule has 0 spiro atoms. The number of carbonyl (C=O) groups excluding carboxylic acids is 1. The van der Waals surface area contributed by atoms with Crippen molar-refractivity contribution in [2.45, 2.75) is 20.4 Å². The topological polar surface area (TPSA) is 86.7 Å². The third-order valence-corrected chi connectivity index (χ3v) is 5.18. The second-order valence-electron chi connectivity index (χ2n) is 6.23. The summed E-state index contributed by atoms with van der Waals surface area (Å²) >= 11 is 1.68. The molecule has 0 fully saturated rings. The Morgan fingerprint density at radius 2 is 2.11 bits per heavy atom. The fourth-order valence-electron chi connectivity index (χ4n) is 2.88. The lowest BCUT2D eigenvalue weighted by molar-refractivity contribution is -0.384. The van der Waals surface area contributed by atoms with Gasteiger partial charge in [-0.1, -0.05) is 23.4 Å². The van der Waals surface area contributed by atoms with Crippen molar-refractivity contribution in [2.75, 3.05) is 6.61 Å². The van der Waals surface area contributed by atoms with Crippen LogP contribution in [-0.2, 0) is 11.4 Å². The van der Waals surface area contributed by atoms with Gasteiger partial charge in [-0.05, 0) is 31.4 Å². The highest BCUT2D eigenvalue weighted by Crippen LogP contribution is 2.20. The highest BCUT2D eigenvalue weighted by atomic mass is 32.1. The number of non-ortho nitro benzene ring substituents is 1. The number of oxime groups is 1. The Hall–Kier alpha value is -3.26. The van der Waals surface area contributed by atoms with Crippen LogP contribution in [0.5, 0.6) is 0 Å². The molecule has 0 aliphatic rings. The summed E-state index contributed by atoms with van der Waals surface area (Å²) < 4.78 is 2.10. The number of nitrogens with zero attached hydrogens (tertiary/aromatic N) is 3. The second-order valence-corrected chi connectivity index (χ2v) is 7.27. The van der Waals surface area contributed by atoms with E-state index in [9.17, 15) is 14.9 Å². The number of aryl methyl sites for hydroxylation is 1. The lowest BCUT2D eigenvalue weighted by atomic mass is 10.1. The summed E-state index contributed by atoms with van der Waals surface area (Å²) in [5.74, 6) is -0.165. The van der Waals surface area contributed by atoms with Gasteiger partial charge in [0.1, 0.15) is 0 Å². The first kappa shape index (κ1) is 19.5. The van der Waals surface area contributed by atoms with E-state index in [0.29, 0.717) is 11.1 Å². The van der Waals surface area contributed by atoms with Gasteiger partial charge in [-0.3, -0.25) is 14.9 Å². The molecule has 28 heavy (non-hydrogen) atoms. The molecule has 3 rings (SSSR count).